The van der Waals surface area contributed by atoms with Crippen LogP contribution in [0.1, 0.15) is 22.1 Å². The molecule has 0 N–H and O–H groups in total. The molecule has 0 heterocycles. The van der Waals surface area contributed by atoms with Gasteiger partial charge in [0.1, 0.15) is 5.82 Å². The van der Waals surface area contributed by atoms with Gasteiger partial charge in [0.25, 0.3) is 0 Å². The van der Waals surface area contributed by atoms with E-state index < -0.39 is 22.8 Å². The van der Waals surface area contributed by atoms with E-state index in [2.05, 4.69) is 0 Å². The van der Waals surface area contributed by atoms with E-state index in [1.807, 2.05) is 0 Å². The maximum atomic E-state index is 13.2. The number of hydrogen-bond acceptors (Lipinski definition) is 0. The second-order valence-corrected chi connectivity index (χ2v) is 4.99. The minimum Gasteiger partial charge on any atom is -0.207 e. The zero-order valence-electron chi connectivity index (χ0n) is 9.85. The molecule has 0 amide bonds. The van der Waals surface area contributed by atoms with Gasteiger partial charge in [0.05, 0.1) is 5.38 Å². The predicted molar refractivity (Wildman–Crippen MR) is 70.2 cm³/mol. The quantitative estimate of drug-likeness (QED) is 0.515. The lowest BCUT2D eigenvalue weighted by Gasteiger charge is -2.15. The minimum absolute atomic E-state index is 0.00237. The van der Waals surface area contributed by atoms with E-state index in [9.17, 15) is 13.2 Å². The summed E-state index contributed by atoms with van der Waals surface area (Å²) in [4.78, 5) is 0. The van der Waals surface area contributed by atoms with Crippen molar-refractivity contribution in [2.45, 2.75) is 12.3 Å². The maximum Gasteiger partial charge on any atom is 0.160 e. The standard InChI is InChI=1S/C14H9Cl2F3/c1-7-2-3-8(17)4-9(7)14(16)10-5-12(18)13(19)6-11(10)15/h2-6,14H,1H3. The van der Waals surface area contributed by atoms with Gasteiger partial charge in [-0.2, -0.15) is 0 Å². The Morgan fingerprint density at radius 3 is 2.26 bits per heavy atom. The molecule has 0 bridgehead atoms. The first kappa shape index (κ1) is 14.2. The van der Waals surface area contributed by atoms with E-state index in [0.717, 1.165) is 17.7 Å². The second kappa shape index (κ2) is 5.43. The number of hydrogen-bond donors (Lipinski definition) is 0. The molecule has 0 saturated carbocycles. The first-order valence-corrected chi connectivity index (χ1v) is 6.26. The highest BCUT2D eigenvalue weighted by molar-refractivity contribution is 6.33. The molecule has 0 fully saturated rings. The van der Waals surface area contributed by atoms with Crippen LogP contribution in [-0.4, -0.2) is 0 Å². The molecular weight excluding hydrogens is 296 g/mol. The molecule has 2 aromatic carbocycles. The highest BCUT2D eigenvalue weighted by Crippen LogP contribution is 2.36. The van der Waals surface area contributed by atoms with Gasteiger partial charge in [-0.05, 0) is 47.9 Å². The van der Waals surface area contributed by atoms with Crippen LogP contribution in [0.25, 0.3) is 0 Å². The van der Waals surface area contributed by atoms with Crippen LogP contribution >= 0.6 is 23.2 Å². The van der Waals surface area contributed by atoms with Crippen LogP contribution in [0.2, 0.25) is 5.02 Å². The fraction of sp³-hybridized carbons (Fsp3) is 0.143. The third kappa shape index (κ3) is 2.88. The molecule has 2 aromatic rings. The van der Waals surface area contributed by atoms with Gasteiger partial charge in [-0.1, -0.05) is 17.7 Å². The van der Waals surface area contributed by atoms with Crippen molar-refractivity contribution >= 4 is 23.2 Å². The molecule has 1 atom stereocenters. The molecule has 1 unspecified atom stereocenters. The fourth-order valence-electron chi connectivity index (χ4n) is 1.78. The van der Waals surface area contributed by atoms with E-state index in [1.165, 1.54) is 12.1 Å². The highest BCUT2D eigenvalue weighted by atomic mass is 35.5. The largest absolute Gasteiger partial charge is 0.207 e. The van der Waals surface area contributed by atoms with Gasteiger partial charge in [-0.25, -0.2) is 13.2 Å². The fourth-order valence-corrected chi connectivity index (χ4v) is 2.52. The van der Waals surface area contributed by atoms with Crippen LogP contribution in [0.3, 0.4) is 0 Å². The lowest BCUT2D eigenvalue weighted by molar-refractivity contribution is 0.507. The van der Waals surface area contributed by atoms with Gasteiger partial charge < -0.3 is 0 Å². The van der Waals surface area contributed by atoms with Crippen LogP contribution in [0, 0.1) is 24.4 Å². The molecule has 19 heavy (non-hydrogen) atoms. The Kier molecular flexibility index (Phi) is 4.07. The van der Waals surface area contributed by atoms with Crippen molar-refractivity contribution in [1.29, 1.82) is 0 Å². The van der Waals surface area contributed by atoms with E-state index in [0.29, 0.717) is 5.56 Å². The summed E-state index contributed by atoms with van der Waals surface area (Å²) in [7, 11) is 0. The molecule has 0 aliphatic carbocycles. The van der Waals surface area contributed by atoms with E-state index in [1.54, 1.807) is 13.0 Å². The number of aryl methyl sites for hydroxylation is 1. The zero-order chi connectivity index (χ0) is 14.2. The van der Waals surface area contributed by atoms with Gasteiger partial charge in [0.15, 0.2) is 11.6 Å². The van der Waals surface area contributed by atoms with Crippen LogP contribution in [-0.2, 0) is 0 Å². The average molecular weight is 305 g/mol. The Hall–Kier alpha value is -1.19. The molecule has 0 radical (unpaired) electrons. The normalized spacial score (nSPS) is 12.5. The van der Waals surface area contributed by atoms with E-state index >= 15 is 0 Å². The summed E-state index contributed by atoms with van der Waals surface area (Å²) < 4.78 is 39.5. The topological polar surface area (TPSA) is 0 Å². The van der Waals surface area contributed by atoms with Crippen LogP contribution in [0.4, 0.5) is 13.2 Å². The van der Waals surface area contributed by atoms with Gasteiger partial charge in [0, 0.05) is 5.02 Å². The van der Waals surface area contributed by atoms with Crippen molar-refractivity contribution < 1.29 is 13.2 Å². The van der Waals surface area contributed by atoms with Crippen LogP contribution in [0.15, 0.2) is 30.3 Å². The highest BCUT2D eigenvalue weighted by Gasteiger charge is 2.19. The Morgan fingerprint density at radius 1 is 0.947 bits per heavy atom. The first-order valence-electron chi connectivity index (χ1n) is 5.44. The van der Waals surface area contributed by atoms with Gasteiger partial charge in [-0.3, -0.25) is 0 Å². The first-order chi connectivity index (χ1) is 8.90. The molecule has 0 aliphatic rings. The summed E-state index contributed by atoms with van der Waals surface area (Å²) in [6, 6.07) is 5.91. The number of rotatable bonds is 2. The summed E-state index contributed by atoms with van der Waals surface area (Å²) >= 11 is 12.1. The molecule has 0 spiro atoms. The van der Waals surface area contributed by atoms with Crippen molar-refractivity contribution in [2.24, 2.45) is 0 Å². The predicted octanol–water partition coefficient (Wildman–Crippen LogP) is 5.39. The van der Waals surface area contributed by atoms with Crippen LogP contribution in [0.5, 0.6) is 0 Å². The Bertz CT molecular complexity index is 626. The SMILES string of the molecule is Cc1ccc(F)cc1C(Cl)c1cc(F)c(F)cc1Cl. The molecule has 2 rings (SSSR count). The number of benzene rings is 2. The van der Waals surface area contributed by atoms with Gasteiger partial charge in [0.2, 0.25) is 0 Å². The van der Waals surface area contributed by atoms with E-state index in [-0.39, 0.29) is 10.6 Å². The average Bonchev–Trinajstić information content (AvgIpc) is 2.36. The molecule has 0 aromatic heterocycles. The smallest absolute Gasteiger partial charge is 0.160 e. The lowest BCUT2D eigenvalue weighted by Crippen LogP contribution is -2.00. The molecule has 0 nitrogen and oxygen atoms in total. The number of alkyl halides is 1. The Balaban J connectivity index is 2.52. The molecule has 0 saturated heterocycles. The molecule has 100 valence electrons. The summed E-state index contributed by atoms with van der Waals surface area (Å²) in [6.45, 7) is 1.75. The monoisotopic (exact) mass is 304 g/mol. The number of halogens is 5. The minimum atomic E-state index is -1.05. The van der Waals surface area contributed by atoms with Gasteiger partial charge in [-0.15, -0.1) is 11.6 Å². The van der Waals surface area contributed by atoms with E-state index in [4.69, 9.17) is 23.2 Å². The molecular formula is C14H9Cl2F3. The van der Waals surface area contributed by atoms with Crippen molar-refractivity contribution in [2.75, 3.05) is 0 Å². The Labute approximate surface area is 118 Å². The molecule has 5 heteroatoms. The van der Waals surface area contributed by atoms with Crippen molar-refractivity contribution in [3.63, 3.8) is 0 Å². The van der Waals surface area contributed by atoms with Crippen molar-refractivity contribution in [1.82, 2.24) is 0 Å². The second-order valence-electron chi connectivity index (χ2n) is 4.15. The van der Waals surface area contributed by atoms with Gasteiger partial charge >= 0.3 is 0 Å². The summed E-state index contributed by atoms with van der Waals surface area (Å²) in [6.07, 6.45) is 0. The van der Waals surface area contributed by atoms with Crippen molar-refractivity contribution in [3.05, 3.63) is 69.5 Å². The molecule has 0 aliphatic heterocycles. The third-order valence-corrected chi connectivity index (χ3v) is 3.62. The third-order valence-electron chi connectivity index (χ3n) is 2.83. The van der Waals surface area contributed by atoms with Crippen LogP contribution < -0.4 is 0 Å². The zero-order valence-corrected chi connectivity index (χ0v) is 11.4. The Morgan fingerprint density at radius 2 is 1.58 bits per heavy atom. The summed E-state index contributed by atoms with van der Waals surface area (Å²) in [5.74, 6) is -2.54. The lowest BCUT2D eigenvalue weighted by atomic mass is 9.99. The summed E-state index contributed by atoms with van der Waals surface area (Å²) in [5.41, 5.74) is 1.41. The maximum absolute atomic E-state index is 13.2. The summed E-state index contributed by atoms with van der Waals surface area (Å²) in [5, 5.41) is -0.846. The van der Waals surface area contributed by atoms with Crippen molar-refractivity contribution in [3.8, 4) is 0 Å².